The molecule has 2 atom stereocenters. The monoisotopic (exact) mass is 471 g/mol. The fourth-order valence-corrected chi connectivity index (χ4v) is 4.89. The van der Waals surface area contributed by atoms with Crippen molar-refractivity contribution in [1.29, 1.82) is 0 Å². The van der Waals surface area contributed by atoms with E-state index in [1.54, 1.807) is 18.0 Å². The molecule has 2 unspecified atom stereocenters. The Labute approximate surface area is 199 Å². The van der Waals surface area contributed by atoms with Gasteiger partial charge in [-0.3, -0.25) is 4.79 Å². The molecule has 1 N–H and O–H groups in total. The topological polar surface area (TPSA) is 115 Å². The largest absolute Gasteiger partial charge is 0.489 e. The van der Waals surface area contributed by atoms with Crippen LogP contribution in [0.1, 0.15) is 68.3 Å². The van der Waals surface area contributed by atoms with Crippen molar-refractivity contribution >= 4 is 12.1 Å². The number of carbonyl (C=O) groups excluding carboxylic acids is 1. The molecular formula is C25H33N3O6. The van der Waals surface area contributed by atoms with Crippen LogP contribution in [-0.2, 0) is 16.1 Å². The third-order valence-electron chi connectivity index (χ3n) is 7.02. The van der Waals surface area contributed by atoms with Crippen molar-refractivity contribution in [3.63, 3.8) is 0 Å². The van der Waals surface area contributed by atoms with Gasteiger partial charge in [0.25, 0.3) is 0 Å². The van der Waals surface area contributed by atoms with Crippen LogP contribution < -0.4 is 4.74 Å². The number of carboxylic acid groups (broad SMARTS) is 1. The van der Waals surface area contributed by atoms with Crippen LogP contribution in [0.3, 0.4) is 0 Å². The Hall–Kier alpha value is -3.10. The van der Waals surface area contributed by atoms with Crippen LogP contribution in [0.2, 0.25) is 0 Å². The second kappa shape index (κ2) is 10.4. The molecule has 2 aromatic rings. The van der Waals surface area contributed by atoms with Crippen LogP contribution in [0.5, 0.6) is 5.75 Å². The molecule has 0 aromatic carbocycles. The Kier molecular flexibility index (Phi) is 7.38. The quantitative estimate of drug-likeness (QED) is 0.607. The van der Waals surface area contributed by atoms with Crippen LogP contribution in [0.4, 0.5) is 4.79 Å². The lowest BCUT2D eigenvalue weighted by molar-refractivity contribution is -0.143. The zero-order valence-corrected chi connectivity index (χ0v) is 20.1. The minimum Gasteiger partial charge on any atom is -0.489 e. The van der Waals surface area contributed by atoms with E-state index in [2.05, 4.69) is 10.1 Å². The summed E-state index contributed by atoms with van der Waals surface area (Å²) in [6.07, 6.45) is 6.68. The molecule has 2 aromatic heterocycles. The van der Waals surface area contributed by atoms with Gasteiger partial charge >= 0.3 is 12.1 Å². The zero-order valence-electron chi connectivity index (χ0n) is 20.1. The van der Waals surface area contributed by atoms with Gasteiger partial charge in [-0.2, -0.15) is 0 Å². The first-order valence-electron chi connectivity index (χ1n) is 12.1. The van der Waals surface area contributed by atoms with E-state index in [-0.39, 0.29) is 30.8 Å². The number of aliphatic carboxylic acids is 1. The summed E-state index contributed by atoms with van der Waals surface area (Å²) >= 11 is 0. The Morgan fingerprint density at radius 3 is 2.59 bits per heavy atom. The van der Waals surface area contributed by atoms with Gasteiger partial charge in [0, 0.05) is 13.1 Å². The first-order chi connectivity index (χ1) is 16.3. The molecule has 2 heterocycles. The molecule has 0 aliphatic heterocycles. The first kappa shape index (κ1) is 24.0. The number of rotatable bonds is 7. The maximum Gasteiger partial charge on any atom is 0.410 e. The summed E-state index contributed by atoms with van der Waals surface area (Å²) in [5, 5.41) is 13.4. The van der Waals surface area contributed by atoms with Crippen LogP contribution in [0.25, 0.3) is 11.5 Å². The third-order valence-corrected chi connectivity index (χ3v) is 7.02. The molecular weight excluding hydrogens is 438 g/mol. The fourth-order valence-electron chi connectivity index (χ4n) is 4.89. The average molecular weight is 472 g/mol. The zero-order chi connectivity index (χ0) is 24.2. The number of hydrogen-bond acceptors (Lipinski definition) is 7. The summed E-state index contributed by atoms with van der Waals surface area (Å²) in [4.78, 5) is 30.2. The minimum atomic E-state index is -0.762. The lowest BCUT2D eigenvalue weighted by Gasteiger charge is -2.27. The molecule has 2 saturated carbocycles. The van der Waals surface area contributed by atoms with E-state index in [4.69, 9.17) is 14.0 Å². The van der Waals surface area contributed by atoms with Crippen molar-refractivity contribution in [2.45, 2.75) is 84.0 Å². The number of aromatic nitrogens is 2. The van der Waals surface area contributed by atoms with E-state index in [0.717, 1.165) is 38.5 Å². The molecule has 184 valence electrons. The van der Waals surface area contributed by atoms with E-state index in [9.17, 15) is 14.7 Å². The molecule has 4 rings (SSSR count). The maximum atomic E-state index is 12.5. The summed E-state index contributed by atoms with van der Waals surface area (Å²) in [6, 6.07) is 3.85. The lowest BCUT2D eigenvalue weighted by Crippen LogP contribution is -2.35. The van der Waals surface area contributed by atoms with E-state index in [1.165, 1.54) is 0 Å². The average Bonchev–Trinajstić information content (AvgIpc) is 3.48. The number of amides is 1. The number of carbonyl (C=O) groups is 2. The maximum absolute atomic E-state index is 12.5. The molecule has 9 nitrogen and oxygen atoms in total. The Balaban J connectivity index is 1.43. The fraction of sp³-hybridized carbons (Fsp3) is 0.600. The summed E-state index contributed by atoms with van der Waals surface area (Å²) in [6.45, 7) is 3.71. The van der Waals surface area contributed by atoms with Gasteiger partial charge in [0.15, 0.2) is 5.76 Å². The van der Waals surface area contributed by atoms with E-state index in [0.29, 0.717) is 47.0 Å². The molecule has 0 bridgehead atoms. The van der Waals surface area contributed by atoms with Crippen molar-refractivity contribution < 1.29 is 28.7 Å². The standard InChI is InChI=1S/C25H33N3O6/c1-15-20(14-32-25(31)28(3)18-8-4-5-9-18)23(34-27-15)21-11-12-22(16(2)26-21)33-19-10-6-7-17(13-19)24(29)30/h11-12,17-19H,4-10,13-14H2,1-3H3,(H,29,30). The van der Waals surface area contributed by atoms with Crippen molar-refractivity contribution in [2.75, 3.05) is 7.05 Å². The Bertz CT molecular complexity index is 1030. The molecule has 1 amide bonds. The number of ether oxygens (including phenoxy) is 2. The predicted molar refractivity (Wildman–Crippen MR) is 123 cm³/mol. The summed E-state index contributed by atoms with van der Waals surface area (Å²) in [5.41, 5.74) is 2.58. The van der Waals surface area contributed by atoms with Gasteiger partial charge in [0.05, 0.1) is 29.0 Å². The van der Waals surface area contributed by atoms with Crippen molar-refractivity contribution in [2.24, 2.45) is 5.92 Å². The summed E-state index contributed by atoms with van der Waals surface area (Å²) in [7, 11) is 1.79. The van der Waals surface area contributed by atoms with Gasteiger partial charge in [-0.15, -0.1) is 0 Å². The van der Waals surface area contributed by atoms with Gasteiger partial charge in [-0.25, -0.2) is 9.78 Å². The first-order valence-corrected chi connectivity index (χ1v) is 12.1. The number of nitrogens with zero attached hydrogens (tertiary/aromatic N) is 3. The molecule has 34 heavy (non-hydrogen) atoms. The highest BCUT2D eigenvalue weighted by Crippen LogP contribution is 2.32. The number of pyridine rings is 1. The van der Waals surface area contributed by atoms with Crippen LogP contribution >= 0.6 is 0 Å². The van der Waals surface area contributed by atoms with E-state index < -0.39 is 5.97 Å². The second-order valence-corrected chi connectivity index (χ2v) is 9.40. The molecule has 2 aliphatic carbocycles. The molecule has 2 aliphatic rings. The van der Waals surface area contributed by atoms with Crippen molar-refractivity contribution in [3.8, 4) is 17.2 Å². The van der Waals surface area contributed by atoms with Crippen LogP contribution in [0, 0.1) is 19.8 Å². The SMILES string of the molecule is Cc1nc(-c2onc(C)c2COC(=O)N(C)C2CCCC2)ccc1OC1CCCC(C(=O)O)C1. The highest BCUT2D eigenvalue weighted by Gasteiger charge is 2.29. The Morgan fingerprint density at radius 1 is 1.12 bits per heavy atom. The van der Waals surface area contributed by atoms with Crippen LogP contribution in [0.15, 0.2) is 16.7 Å². The molecule has 2 fully saturated rings. The highest BCUT2D eigenvalue weighted by molar-refractivity contribution is 5.70. The number of aryl methyl sites for hydroxylation is 2. The smallest absolute Gasteiger partial charge is 0.410 e. The summed E-state index contributed by atoms with van der Waals surface area (Å²) in [5.74, 6) is -0.0300. The number of hydrogen-bond donors (Lipinski definition) is 1. The highest BCUT2D eigenvalue weighted by atomic mass is 16.6. The van der Waals surface area contributed by atoms with Crippen LogP contribution in [-0.4, -0.2) is 51.4 Å². The molecule has 9 heteroatoms. The van der Waals surface area contributed by atoms with Crippen molar-refractivity contribution in [3.05, 3.63) is 29.1 Å². The molecule has 0 saturated heterocycles. The van der Waals surface area contributed by atoms with E-state index in [1.807, 2.05) is 19.9 Å². The Morgan fingerprint density at radius 2 is 1.88 bits per heavy atom. The predicted octanol–water partition coefficient (Wildman–Crippen LogP) is 4.89. The van der Waals surface area contributed by atoms with Gasteiger partial charge in [-0.1, -0.05) is 18.0 Å². The van der Waals surface area contributed by atoms with Gasteiger partial charge in [0.1, 0.15) is 18.1 Å². The summed E-state index contributed by atoms with van der Waals surface area (Å²) < 4.78 is 17.2. The third kappa shape index (κ3) is 5.34. The molecule has 0 spiro atoms. The lowest BCUT2D eigenvalue weighted by atomic mass is 9.87. The van der Waals surface area contributed by atoms with Crippen molar-refractivity contribution in [1.82, 2.24) is 15.0 Å². The normalized spacial score (nSPS) is 20.8. The van der Waals surface area contributed by atoms with E-state index >= 15 is 0 Å². The second-order valence-electron chi connectivity index (χ2n) is 9.40. The van der Waals surface area contributed by atoms with Gasteiger partial charge < -0.3 is 24.0 Å². The van der Waals surface area contributed by atoms with Gasteiger partial charge in [-0.05, 0) is 64.5 Å². The molecule has 0 radical (unpaired) electrons. The number of carboxylic acids is 1. The van der Waals surface area contributed by atoms with Gasteiger partial charge in [0.2, 0.25) is 0 Å². The minimum absolute atomic E-state index is 0.0538.